The predicted molar refractivity (Wildman–Crippen MR) is 242 cm³/mol. The molecule has 0 aromatic carbocycles. The number of amides is 2. The van der Waals surface area contributed by atoms with Gasteiger partial charge in [-0.05, 0) is 0 Å². The van der Waals surface area contributed by atoms with Crippen LogP contribution < -0.4 is 10.6 Å². The van der Waals surface area contributed by atoms with E-state index in [1.807, 2.05) is 0 Å². The Morgan fingerprint density at radius 3 is 1.58 bits per heavy atom. The summed E-state index contributed by atoms with van der Waals surface area (Å²) in [5.74, 6) is -7.11. The first-order valence-electron chi connectivity index (χ1n) is 24.7. The van der Waals surface area contributed by atoms with E-state index in [0.717, 1.165) is 13.8 Å². The van der Waals surface area contributed by atoms with Gasteiger partial charge in [0.25, 0.3) is 5.79 Å². The third-order valence-electron chi connectivity index (χ3n) is 13.8. The summed E-state index contributed by atoms with van der Waals surface area (Å²) in [5.41, 5.74) is 0. The van der Waals surface area contributed by atoms with Crippen molar-refractivity contribution >= 4 is 17.8 Å². The number of carbonyl (C=O) groups excluding carboxylic acids is 2. The van der Waals surface area contributed by atoms with Crippen LogP contribution in [0.5, 0.6) is 0 Å². The molecule has 5 aliphatic heterocycles. The Balaban J connectivity index is 1.48. The molecule has 5 rings (SSSR count). The molecule has 0 unspecified atom stereocenters. The lowest BCUT2D eigenvalue weighted by Gasteiger charge is -2.51. The maximum atomic E-state index is 13.1. The summed E-state index contributed by atoms with van der Waals surface area (Å²) < 4.78 is 56.8. The van der Waals surface area contributed by atoms with Crippen LogP contribution in [0.1, 0.15) is 20.3 Å². The number of ether oxygens (including phenoxy) is 10. The van der Waals surface area contributed by atoms with Gasteiger partial charge in [-0.3, -0.25) is 9.59 Å². The number of carboxylic acid groups (broad SMARTS) is 1. The highest BCUT2D eigenvalue weighted by molar-refractivity contribution is 5.76. The smallest absolute Gasteiger partial charge is 0.364 e. The van der Waals surface area contributed by atoms with Crippen LogP contribution in [0.25, 0.3) is 0 Å². The molecule has 0 bridgehead atoms. The Morgan fingerprint density at radius 1 is 0.544 bits per heavy atom. The minimum atomic E-state index is -3.27. The second-order valence-electron chi connectivity index (χ2n) is 19.5. The number of aliphatic hydroxyl groups excluding tert-OH is 20. The second kappa shape index (κ2) is 29.1. The van der Waals surface area contributed by atoms with Gasteiger partial charge in [0.15, 0.2) is 25.2 Å². The van der Waals surface area contributed by atoms with E-state index in [4.69, 9.17) is 47.4 Å². The van der Waals surface area contributed by atoms with E-state index in [1.54, 1.807) is 0 Å². The lowest BCUT2D eigenvalue weighted by molar-refractivity contribution is -0.391. The third kappa shape index (κ3) is 15.1. The topological polar surface area (TPSA) is 592 Å². The van der Waals surface area contributed by atoms with Gasteiger partial charge in [0, 0.05) is 20.3 Å². The fourth-order valence-electron chi connectivity index (χ4n) is 9.52. The summed E-state index contributed by atoms with van der Waals surface area (Å²) in [7, 11) is 0. The monoisotopic (exact) mass is 1160 g/mol. The molecule has 0 aromatic heterocycles. The van der Waals surface area contributed by atoms with Crippen molar-refractivity contribution < 1.29 is 169 Å². The quantitative estimate of drug-likeness (QED) is 0.0404. The van der Waals surface area contributed by atoms with Gasteiger partial charge in [-0.15, -0.1) is 0 Å². The van der Waals surface area contributed by atoms with Gasteiger partial charge in [0.1, 0.15) is 140 Å². The third-order valence-corrected chi connectivity index (χ3v) is 13.8. The Hall–Kier alpha value is -2.79. The highest BCUT2D eigenvalue weighted by Gasteiger charge is 2.61. The number of carboxylic acids is 1. The Kier molecular flexibility index (Phi) is 24.7. The highest BCUT2D eigenvalue weighted by atomic mass is 16.8. The van der Waals surface area contributed by atoms with Crippen molar-refractivity contribution in [2.45, 2.75) is 204 Å². The summed E-state index contributed by atoms with van der Waals surface area (Å²) in [6.07, 6.45) is -58.2. The molecular formula is C43H74N2O34. The second-order valence-corrected chi connectivity index (χ2v) is 19.5. The van der Waals surface area contributed by atoms with Crippen LogP contribution in [0, 0.1) is 0 Å². The molecule has 23 N–H and O–H groups in total. The standard InChI is InChI=1S/C43H74N2O34/c1-11(52)44-21-13(54)3-43(42(68)69,78-35(21)24(59)15(56)5-47)79-37-26(61)18(8-50)72-41(32(37)67)77-36-27(62)20(74-40(31(36)66)75-33(16(57)6-48)23(58)14(55)4-46)10-70-38-22(45-12(2)53)28(63)34(19(9-51)73-38)76-39-30(65)29(64)25(60)17(7-49)71-39/h13-41,46-51,54-67H,3-10H2,1-2H3,(H,44,52)(H,45,53)(H,68,69)/t13-,14-,15+,16+,17+,18+,19+,20+,21+,22+,23+,24+,25-,26-,27-,28+,29-,30+,31+,32+,33+,34+,35+,36-,37-,38+,39-,40-,41-,43-/m0/s1. The number of carbonyl (C=O) groups is 3. The summed E-state index contributed by atoms with van der Waals surface area (Å²) in [4.78, 5) is 37.6. The fraction of sp³-hybridized carbons (Fsp3) is 0.930. The first-order chi connectivity index (χ1) is 37.1. The van der Waals surface area contributed by atoms with Crippen LogP contribution in [0.4, 0.5) is 0 Å². The molecule has 0 aromatic rings. The fourth-order valence-corrected chi connectivity index (χ4v) is 9.52. The van der Waals surface area contributed by atoms with E-state index in [0.29, 0.717) is 0 Å². The van der Waals surface area contributed by atoms with E-state index in [-0.39, 0.29) is 0 Å². The lowest BCUT2D eigenvalue weighted by Crippen LogP contribution is -2.71. The van der Waals surface area contributed by atoms with Crippen molar-refractivity contribution in [3.05, 3.63) is 0 Å². The molecule has 5 fully saturated rings. The van der Waals surface area contributed by atoms with Gasteiger partial charge >= 0.3 is 5.97 Å². The zero-order chi connectivity index (χ0) is 59.1. The number of rotatable bonds is 25. The van der Waals surface area contributed by atoms with Gasteiger partial charge in [-0.1, -0.05) is 0 Å². The summed E-state index contributed by atoms with van der Waals surface area (Å²) >= 11 is 0. The number of nitrogens with one attached hydrogen (secondary N) is 2. The lowest BCUT2D eigenvalue weighted by atomic mass is 9.88. The number of hydrogen-bond donors (Lipinski definition) is 23. The van der Waals surface area contributed by atoms with Gasteiger partial charge < -0.3 is 165 Å². The first kappa shape index (κ1) is 67.0. The maximum Gasteiger partial charge on any atom is 0.364 e. The minimum absolute atomic E-state index is 0.854. The van der Waals surface area contributed by atoms with Crippen LogP contribution in [0.2, 0.25) is 0 Å². The molecule has 2 amide bonds. The molecule has 36 heteroatoms. The number of aliphatic carboxylic acids is 1. The zero-order valence-corrected chi connectivity index (χ0v) is 42.1. The highest BCUT2D eigenvalue weighted by Crippen LogP contribution is 2.39. The van der Waals surface area contributed by atoms with Gasteiger partial charge in [-0.2, -0.15) is 0 Å². The van der Waals surface area contributed by atoms with E-state index < -0.39 is 254 Å². The normalized spacial score (nSPS) is 43.4. The molecule has 30 atom stereocenters. The van der Waals surface area contributed by atoms with Crippen molar-refractivity contribution in [1.82, 2.24) is 10.6 Å². The molecule has 0 aliphatic carbocycles. The Bertz CT molecular complexity index is 1920. The van der Waals surface area contributed by atoms with Crippen molar-refractivity contribution in [1.29, 1.82) is 0 Å². The summed E-state index contributed by atoms with van der Waals surface area (Å²) in [6.45, 7) is -5.79. The average molecular weight is 1160 g/mol. The van der Waals surface area contributed by atoms with Crippen molar-refractivity contribution in [2.75, 3.05) is 46.2 Å². The van der Waals surface area contributed by atoms with Crippen molar-refractivity contribution in [3.8, 4) is 0 Å². The molecule has 5 aliphatic rings. The molecule has 0 radical (unpaired) electrons. The molecule has 36 nitrogen and oxygen atoms in total. The molecular weight excluding hydrogens is 1090 g/mol. The SMILES string of the molecule is CC(=O)N[C@H]1[C@H](OC[C@H]2O[C@@H](O[C@@H]([C@H](O)[C@@H](O)CO)[C@H](O)CO)[C@H](O)[C@@H](O[C@@H]3O[C@H](CO)[C@H](O)[C@H](O[C@]4(C(=O)O)C[C@H](O)[C@@H](NC(C)=O)[C@H]([C@H](O)[C@H](O)CO)O4)[C@H]3O)[C@H]2O)O[C@H](CO)[C@@H](O[C@@H]2O[C@H](CO)[C@H](O)[C@H](O)[C@H]2O)[C@@H]1O. The molecule has 460 valence electrons. The van der Waals surface area contributed by atoms with Crippen molar-refractivity contribution in [3.63, 3.8) is 0 Å². The van der Waals surface area contributed by atoms with Crippen molar-refractivity contribution in [2.24, 2.45) is 0 Å². The Labute approximate surface area is 446 Å². The summed E-state index contributed by atoms with van der Waals surface area (Å²) in [5, 5.41) is 228. The van der Waals surface area contributed by atoms with Gasteiger partial charge in [0.2, 0.25) is 11.8 Å². The van der Waals surface area contributed by atoms with E-state index >= 15 is 0 Å². The summed E-state index contributed by atoms with van der Waals surface area (Å²) in [6, 6.07) is -3.45. The largest absolute Gasteiger partial charge is 0.477 e. The maximum absolute atomic E-state index is 13.1. The van der Waals surface area contributed by atoms with Crippen LogP contribution in [0.15, 0.2) is 0 Å². The van der Waals surface area contributed by atoms with Crippen LogP contribution >= 0.6 is 0 Å². The number of hydrogen-bond acceptors (Lipinski definition) is 33. The minimum Gasteiger partial charge on any atom is -0.477 e. The van der Waals surface area contributed by atoms with Gasteiger partial charge in [-0.25, -0.2) is 4.79 Å². The van der Waals surface area contributed by atoms with Crippen LogP contribution in [-0.4, -0.2) is 355 Å². The first-order valence-corrected chi connectivity index (χ1v) is 24.7. The van der Waals surface area contributed by atoms with Gasteiger partial charge in [0.05, 0.1) is 58.4 Å². The molecule has 0 saturated carbocycles. The van der Waals surface area contributed by atoms with E-state index in [1.165, 1.54) is 0 Å². The molecule has 79 heavy (non-hydrogen) atoms. The number of aliphatic hydroxyl groups is 20. The zero-order valence-electron chi connectivity index (χ0n) is 42.1. The average Bonchev–Trinajstić information content (AvgIpc) is 3.51. The Morgan fingerprint density at radius 2 is 1.04 bits per heavy atom. The van der Waals surface area contributed by atoms with Crippen LogP contribution in [-0.2, 0) is 61.8 Å². The van der Waals surface area contributed by atoms with Crippen LogP contribution in [0.3, 0.4) is 0 Å². The molecule has 0 spiro atoms. The van der Waals surface area contributed by atoms with E-state index in [2.05, 4.69) is 10.6 Å². The predicted octanol–water partition coefficient (Wildman–Crippen LogP) is -15.0. The molecule has 5 saturated heterocycles. The molecule has 5 heterocycles. The van der Waals surface area contributed by atoms with E-state index in [9.17, 15) is 122 Å².